The van der Waals surface area contributed by atoms with Crippen LogP contribution in [0.3, 0.4) is 0 Å². The summed E-state index contributed by atoms with van der Waals surface area (Å²) in [6.45, 7) is 0.129. The minimum absolute atomic E-state index is 0.0905. The Morgan fingerprint density at radius 3 is 2.67 bits per heavy atom. The third-order valence-electron chi connectivity index (χ3n) is 2.86. The molecule has 0 aliphatic heterocycles. The van der Waals surface area contributed by atoms with Gasteiger partial charge in [-0.25, -0.2) is 0 Å². The zero-order valence-electron chi connectivity index (χ0n) is 11.9. The summed E-state index contributed by atoms with van der Waals surface area (Å²) < 4.78 is 10.1. The van der Waals surface area contributed by atoms with Crippen LogP contribution in [0, 0.1) is 0 Å². The Morgan fingerprint density at radius 1 is 1.38 bits per heavy atom. The van der Waals surface area contributed by atoms with Crippen molar-refractivity contribution >= 4 is 23.5 Å². The van der Waals surface area contributed by atoms with Crippen molar-refractivity contribution in [3.05, 3.63) is 28.8 Å². The van der Waals surface area contributed by atoms with E-state index in [9.17, 15) is 9.59 Å². The molecule has 0 heterocycles. The fraction of sp³-hybridized carbons (Fsp3) is 0.429. The van der Waals surface area contributed by atoms with Crippen LogP contribution in [0.4, 0.5) is 0 Å². The maximum atomic E-state index is 11.9. The molecule has 0 saturated carbocycles. The smallest absolute Gasteiger partial charge is 0.306 e. The number of nitrogens with one attached hydrogen (secondary N) is 1. The van der Waals surface area contributed by atoms with Crippen LogP contribution in [0.5, 0.6) is 5.75 Å². The van der Waals surface area contributed by atoms with E-state index < -0.39 is 12.1 Å². The van der Waals surface area contributed by atoms with Crippen LogP contribution in [0.15, 0.2) is 18.2 Å². The van der Waals surface area contributed by atoms with E-state index >= 15 is 0 Å². The summed E-state index contributed by atoms with van der Waals surface area (Å²) in [7, 11) is 2.91. The number of hydrogen-bond acceptors (Lipinski definition) is 4. The Hall–Kier alpha value is -1.79. The third kappa shape index (κ3) is 6.01. The standard InChI is InChI=1S/C14H18ClNO5/c1-20-11(7-14(18)19)8-16-13(17)6-9-5-10(15)3-4-12(9)21-2/h3-5,11H,6-8H2,1-2H3,(H,16,17)(H,18,19). The highest BCUT2D eigenvalue weighted by molar-refractivity contribution is 6.30. The second-order valence-electron chi connectivity index (χ2n) is 4.39. The average molecular weight is 316 g/mol. The van der Waals surface area contributed by atoms with E-state index in [1.54, 1.807) is 18.2 Å². The summed E-state index contributed by atoms with van der Waals surface area (Å²) in [5.41, 5.74) is 0.662. The van der Waals surface area contributed by atoms with E-state index in [0.29, 0.717) is 16.3 Å². The predicted molar refractivity (Wildman–Crippen MR) is 77.8 cm³/mol. The Kier molecular flexibility index (Phi) is 6.98. The molecule has 7 heteroatoms. The maximum Gasteiger partial charge on any atom is 0.306 e. The molecule has 1 atom stereocenters. The molecule has 0 spiro atoms. The number of carbonyl (C=O) groups excluding carboxylic acids is 1. The van der Waals surface area contributed by atoms with Gasteiger partial charge in [0.25, 0.3) is 0 Å². The Balaban J connectivity index is 2.57. The molecule has 116 valence electrons. The number of carboxylic acid groups (broad SMARTS) is 1. The first-order chi connectivity index (χ1) is 9.96. The van der Waals surface area contributed by atoms with Gasteiger partial charge in [-0.1, -0.05) is 11.6 Å². The van der Waals surface area contributed by atoms with Crippen LogP contribution in [0.2, 0.25) is 5.02 Å². The quantitative estimate of drug-likeness (QED) is 0.759. The molecular weight excluding hydrogens is 298 g/mol. The second kappa shape index (κ2) is 8.49. The Bertz CT molecular complexity index is 506. The van der Waals surface area contributed by atoms with Gasteiger partial charge in [0.2, 0.25) is 5.91 Å². The lowest BCUT2D eigenvalue weighted by Gasteiger charge is -2.14. The summed E-state index contributed by atoms with van der Waals surface area (Å²) in [5, 5.41) is 11.8. The normalized spacial score (nSPS) is 11.8. The molecule has 0 radical (unpaired) electrons. The second-order valence-corrected chi connectivity index (χ2v) is 4.83. The highest BCUT2D eigenvalue weighted by Crippen LogP contribution is 2.22. The molecular formula is C14H18ClNO5. The van der Waals surface area contributed by atoms with Crippen LogP contribution in [0.25, 0.3) is 0 Å². The van der Waals surface area contributed by atoms with Gasteiger partial charge >= 0.3 is 5.97 Å². The van der Waals surface area contributed by atoms with E-state index in [1.165, 1.54) is 14.2 Å². The number of benzene rings is 1. The van der Waals surface area contributed by atoms with Crippen molar-refractivity contribution in [2.75, 3.05) is 20.8 Å². The van der Waals surface area contributed by atoms with E-state index in [-0.39, 0.29) is 25.3 Å². The van der Waals surface area contributed by atoms with Gasteiger partial charge < -0.3 is 19.9 Å². The Labute approximate surface area is 128 Å². The topological polar surface area (TPSA) is 84.9 Å². The first-order valence-corrected chi connectivity index (χ1v) is 6.67. The van der Waals surface area contributed by atoms with Gasteiger partial charge in [0, 0.05) is 24.2 Å². The molecule has 6 nitrogen and oxygen atoms in total. The fourth-order valence-corrected chi connectivity index (χ4v) is 1.98. The van der Waals surface area contributed by atoms with Crippen LogP contribution >= 0.6 is 11.6 Å². The summed E-state index contributed by atoms with van der Waals surface area (Å²) in [6, 6.07) is 5.02. The van der Waals surface area contributed by atoms with Crippen molar-refractivity contribution in [3.63, 3.8) is 0 Å². The van der Waals surface area contributed by atoms with Crippen LogP contribution in [0.1, 0.15) is 12.0 Å². The molecule has 0 bridgehead atoms. The van der Waals surface area contributed by atoms with E-state index in [2.05, 4.69) is 5.32 Å². The Morgan fingerprint density at radius 2 is 2.10 bits per heavy atom. The van der Waals surface area contributed by atoms with Gasteiger partial charge in [-0.15, -0.1) is 0 Å². The zero-order chi connectivity index (χ0) is 15.8. The number of methoxy groups -OCH3 is 2. The number of halogens is 1. The van der Waals surface area contributed by atoms with Crippen molar-refractivity contribution < 1.29 is 24.2 Å². The number of rotatable bonds is 8. The van der Waals surface area contributed by atoms with Gasteiger partial charge in [-0.3, -0.25) is 9.59 Å². The van der Waals surface area contributed by atoms with E-state index in [1.807, 2.05) is 0 Å². The fourth-order valence-electron chi connectivity index (χ4n) is 1.78. The number of amides is 1. The molecule has 2 N–H and O–H groups in total. The minimum atomic E-state index is -0.979. The van der Waals surface area contributed by atoms with E-state index in [0.717, 1.165) is 0 Å². The number of hydrogen-bond donors (Lipinski definition) is 2. The summed E-state index contributed by atoms with van der Waals surface area (Å²) in [6.07, 6.45) is -0.641. The maximum absolute atomic E-state index is 11.9. The monoisotopic (exact) mass is 315 g/mol. The molecule has 1 aromatic carbocycles. The van der Waals surface area contributed by atoms with Crippen molar-refractivity contribution in [3.8, 4) is 5.75 Å². The molecule has 21 heavy (non-hydrogen) atoms. The molecule has 1 rings (SSSR count). The summed E-state index contributed by atoms with van der Waals surface area (Å²) in [4.78, 5) is 22.5. The SMILES string of the molecule is COc1ccc(Cl)cc1CC(=O)NCC(CC(=O)O)OC. The van der Waals surface area contributed by atoms with Gasteiger partial charge in [-0.05, 0) is 18.2 Å². The number of aliphatic carboxylic acids is 1. The van der Waals surface area contributed by atoms with Crippen molar-refractivity contribution in [1.82, 2.24) is 5.32 Å². The highest BCUT2D eigenvalue weighted by atomic mass is 35.5. The molecule has 0 aliphatic rings. The largest absolute Gasteiger partial charge is 0.496 e. The molecule has 0 saturated heterocycles. The summed E-state index contributed by atoms with van der Waals surface area (Å²) in [5.74, 6) is -0.668. The number of carbonyl (C=O) groups is 2. The van der Waals surface area contributed by atoms with Crippen LogP contribution < -0.4 is 10.1 Å². The zero-order valence-corrected chi connectivity index (χ0v) is 12.6. The lowest BCUT2D eigenvalue weighted by atomic mass is 10.1. The highest BCUT2D eigenvalue weighted by Gasteiger charge is 2.15. The molecule has 1 aromatic rings. The molecule has 1 unspecified atom stereocenters. The first kappa shape index (κ1) is 17.3. The van der Waals surface area contributed by atoms with Crippen molar-refractivity contribution in [2.24, 2.45) is 0 Å². The van der Waals surface area contributed by atoms with E-state index in [4.69, 9.17) is 26.2 Å². The minimum Gasteiger partial charge on any atom is -0.496 e. The lowest BCUT2D eigenvalue weighted by molar-refractivity contribution is -0.140. The molecule has 0 fully saturated rings. The number of ether oxygens (including phenoxy) is 2. The van der Waals surface area contributed by atoms with Crippen molar-refractivity contribution in [2.45, 2.75) is 18.9 Å². The van der Waals surface area contributed by atoms with Gasteiger partial charge in [0.15, 0.2) is 0 Å². The summed E-state index contributed by atoms with van der Waals surface area (Å²) >= 11 is 5.89. The lowest BCUT2D eigenvalue weighted by Crippen LogP contribution is -2.35. The molecule has 1 amide bonds. The first-order valence-electron chi connectivity index (χ1n) is 6.30. The van der Waals surface area contributed by atoms with Crippen LogP contribution in [-0.2, 0) is 20.7 Å². The predicted octanol–water partition coefficient (Wildman–Crippen LogP) is 1.50. The average Bonchev–Trinajstić information content (AvgIpc) is 2.43. The van der Waals surface area contributed by atoms with Gasteiger partial charge in [0.1, 0.15) is 5.75 Å². The number of carboxylic acids is 1. The van der Waals surface area contributed by atoms with Gasteiger partial charge in [-0.2, -0.15) is 0 Å². The molecule has 0 aromatic heterocycles. The van der Waals surface area contributed by atoms with Gasteiger partial charge in [0.05, 0.1) is 26.1 Å². The van der Waals surface area contributed by atoms with Crippen LogP contribution in [-0.4, -0.2) is 43.9 Å². The van der Waals surface area contributed by atoms with Crippen molar-refractivity contribution in [1.29, 1.82) is 0 Å². The third-order valence-corrected chi connectivity index (χ3v) is 3.09. The molecule has 0 aliphatic carbocycles.